The molecule has 2 saturated heterocycles. The summed E-state index contributed by atoms with van der Waals surface area (Å²) >= 11 is 0. The predicted octanol–water partition coefficient (Wildman–Crippen LogP) is 6.79. The minimum absolute atomic E-state index is 0. The number of carbonyl (C=O) groups is 3. The van der Waals surface area contributed by atoms with Gasteiger partial charge in [0.15, 0.2) is 0 Å². The van der Waals surface area contributed by atoms with Gasteiger partial charge in [0.25, 0.3) is 0 Å². The molecule has 68 heavy (non-hydrogen) atoms. The summed E-state index contributed by atoms with van der Waals surface area (Å²) in [6, 6.07) is 30.3. The van der Waals surface area contributed by atoms with Gasteiger partial charge in [-0.2, -0.15) is 0 Å². The van der Waals surface area contributed by atoms with Crippen LogP contribution in [0, 0.1) is 0 Å². The van der Waals surface area contributed by atoms with Crippen LogP contribution in [0.2, 0.25) is 0 Å². The van der Waals surface area contributed by atoms with E-state index in [2.05, 4.69) is 76.1 Å². The van der Waals surface area contributed by atoms with Crippen molar-refractivity contribution in [1.29, 1.82) is 0 Å². The van der Waals surface area contributed by atoms with E-state index in [1.807, 2.05) is 66.7 Å². The second-order valence-electron chi connectivity index (χ2n) is 15.9. The minimum atomic E-state index is -0.621. The van der Waals surface area contributed by atoms with Gasteiger partial charge in [-0.3, -0.25) is 4.90 Å². The molecule has 3 N–H and O–H groups in total. The van der Waals surface area contributed by atoms with Crippen LogP contribution < -0.4 is 11.1 Å². The molecular formula is C49H63N9O10. The molecule has 19 nitrogen and oxygen atoms in total. The van der Waals surface area contributed by atoms with Gasteiger partial charge in [0.2, 0.25) is 0 Å². The number of azide groups is 2. The molecule has 10 atom stereocenters. The Morgan fingerprint density at radius 1 is 0.647 bits per heavy atom. The molecule has 8 rings (SSSR count). The number of benzene rings is 3. The van der Waals surface area contributed by atoms with Crippen molar-refractivity contribution in [2.45, 2.75) is 94.2 Å². The van der Waals surface area contributed by atoms with Crippen molar-refractivity contribution in [3.05, 3.63) is 164 Å². The fourth-order valence-corrected chi connectivity index (χ4v) is 8.99. The van der Waals surface area contributed by atoms with E-state index in [4.69, 9.17) is 34.9 Å². The maximum absolute atomic E-state index is 12.4. The third kappa shape index (κ3) is 12.2. The summed E-state index contributed by atoms with van der Waals surface area (Å²) in [7, 11) is 7.10. The van der Waals surface area contributed by atoms with Crippen molar-refractivity contribution in [3.63, 3.8) is 0 Å². The van der Waals surface area contributed by atoms with Crippen LogP contribution in [-0.4, -0.2) is 126 Å². The molecule has 19 heteroatoms. The first-order chi connectivity index (χ1) is 32.1. The van der Waals surface area contributed by atoms with Crippen LogP contribution in [0.4, 0.5) is 0 Å². The topological polar surface area (TPSA) is 264 Å². The summed E-state index contributed by atoms with van der Waals surface area (Å²) in [5.74, 6) is -1.12. The maximum atomic E-state index is 12.4. The fourth-order valence-electron chi connectivity index (χ4n) is 8.99. The van der Waals surface area contributed by atoms with Crippen LogP contribution >= 0.6 is 0 Å². The van der Waals surface area contributed by atoms with Gasteiger partial charge in [0, 0.05) is 64.9 Å². The van der Waals surface area contributed by atoms with E-state index in [0.717, 1.165) is 23.1 Å². The summed E-state index contributed by atoms with van der Waals surface area (Å²) < 4.78 is 34.7. The van der Waals surface area contributed by atoms with Crippen LogP contribution in [0.3, 0.4) is 0 Å². The number of nitrogens with one attached hydrogen (secondary N) is 1. The Kier molecular flexibility index (Phi) is 20.5. The standard InChI is InChI=1S/C27H24N4O2.C10H16N4O4.C10H15NO4.2CH4/c1-33-26(32)19-17-23(29-30-28)25-24(18-19)31(25)27(20-11-5-2-6-12-20,21-13-7-3-8-14-21)22-15-9-4-10-16-22;1-16-5-18-8-4-6(10(15)17-2)3-7(9(8)11)13-14-12;1-13-5-15-8-4-6(10(12)14-2)3-7-9(8)11-7;;/h2-16,18,23-25H,17H2,1H3;4,7-9H,3,5,11H2,1-2H3;4,7-9,11H,3,5H2,1-2H3;2*1H4/t23-,24-,25?,31?;7-,8+,9+;7-,8-,9-;;/m001../s1. The Balaban J connectivity index is 0.000000244. The predicted molar refractivity (Wildman–Crippen MR) is 254 cm³/mol. The Morgan fingerprint density at radius 2 is 1.06 bits per heavy atom. The Morgan fingerprint density at radius 3 is 1.51 bits per heavy atom. The second-order valence-corrected chi connectivity index (χ2v) is 15.9. The molecule has 0 spiro atoms. The van der Waals surface area contributed by atoms with Crippen LogP contribution in [0.1, 0.15) is 50.8 Å². The number of carbonyl (C=O) groups excluding carboxylic acids is 3. The Labute approximate surface area is 397 Å². The van der Waals surface area contributed by atoms with Crippen molar-refractivity contribution in [2.24, 2.45) is 16.0 Å². The number of hydrogen-bond donors (Lipinski definition) is 2. The van der Waals surface area contributed by atoms with E-state index in [0.29, 0.717) is 35.2 Å². The zero-order chi connectivity index (χ0) is 47.2. The van der Waals surface area contributed by atoms with E-state index < -0.39 is 29.7 Å². The first-order valence-corrected chi connectivity index (χ1v) is 21.2. The molecular weight excluding hydrogens is 875 g/mol. The molecule has 0 amide bonds. The maximum Gasteiger partial charge on any atom is 0.333 e. The molecule has 0 saturated carbocycles. The number of ether oxygens (including phenoxy) is 7. The summed E-state index contributed by atoms with van der Waals surface area (Å²) in [6.07, 6.45) is 6.09. The molecule has 2 heterocycles. The molecule has 0 bridgehead atoms. The number of rotatable bonds is 15. The first-order valence-electron chi connectivity index (χ1n) is 21.2. The molecule has 0 radical (unpaired) electrons. The molecule has 2 aliphatic heterocycles. The fraction of sp³-hybridized carbons (Fsp3) is 0.449. The molecule has 0 aromatic heterocycles. The summed E-state index contributed by atoms with van der Waals surface area (Å²) in [5.41, 5.74) is 28.0. The summed E-state index contributed by atoms with van der Waals surface area (Å²) in [6.45, 7) is 0.271. The smallest absolute Gasteiger partial charge is 0.333 e. The largest absolute Gasteiger partial charge is 0.466 e. The Bertz CT molecular complexity index is 2240. The van der Waals surface area contributed by atoms with Crippen LogP contribution in [0.25, 0.3) is 20.9 Å². The van der Waals surface area contributed by atoms with Gasteiger partial charge in [-0.25, -0.2) is 14.4 Å². The van der Waals surface area contributed by atoms with Crippen LogP contribution in [0.5, 0.6) is 0 Å². The average molecular weight is 938 g/mol. The van der Waals surface area contributed by atoms with Crippen LogP contribution in [0.15, 0.2) is 136 Å². The molecule has 364 valence electrons. The van der Waals surface area contributed by atoms with E-state index in [-0.39, 0.29) is 71.0 Å². The third-order valence-corrected chi connectivity index (χ3v) is 12.1. The number of esters is 3. The van der Waals surface area contributed by atoms with Crippen molar-refractivity contribution >= 4 is 17.9 Å². The lowest BCUT2D eigenvalue weighted by atomic mass is 9.76. The van der Waals surface area contributed by atoms with E-state index in [9.17, 15) is 19.9 Å². The van der Waals surface area contributed by atoms with Gasteiger partial charge < -0.3 is 44.2 Å². The van der Waals surface area contributed by atoms with Gasteiger partial charge in [0.05, 0.1) is 57.2 Å². The highest BCUT2D eigenvalue weighted by Gasteiger charge is 2.63. The van der Waals surface area contributed by atoms with Gasteiger partial charge in [-0.05, 0) is 59.2 Å². The highest BCUT2D eigenvalue weighted by molar-refractivity contribution is 5.90. The van der Waals surface area contributed by atoms with Gasteiger partial charge in [0.1, 0.15) is 13.6 Å². The van der Waals surface area contributed by atoms with Gasteiger partial charge in [-0.15, -0.1) is 0 Å². The highest BCUT2D eigenvalue weighted by Crippen LogP contribution is 2.55. The number of nitrogens with zero attached hydrogens (tertiary/aromatic N) is 7. The molecule has 5 aliphatic rings. The van der Waals surface area contributed by atoms with E-state index >= 15 is 0 Å². The Hall–Kier alpha value is -6.37. The molecule has 2 unspecified atom stereocenters. The molecule has 3 aliphatic carbocycles. The SMILES string of the molecule is C.C.COC(=O)C1=C[C@H]2C([C@@H](N=[N+]=[N-])C1)N2C(c1ccccc1)(c1ccccc1)c1ccccc1.COCO[C@@H]1C=C(C(=O)OC)C[C@H](N=[N+]=[N-])[C@H]1N.COCO[C@@H]1C=C(C(=O)OC)C[C@H]2N[C@H]21. The monoisotopic (exact) mass is 937 g/mol. The number of hydrogen-bond acceptors (Lipinski definition) is 15. The van der Waals surface area contributed by atoms with E-state index in [1.165, 1.54) is 28.4 Å². The van der Waals surface area contributed by atoms with Gasteiger partial charge in [-0.1, -0.05) is 122 Å². The van der Waals surface area contributed by atoms with E-state index in [1.54, 1.807) is 13.2 Å². The number of methoxy groups -OCH3 is 5. The van der Waals surface area contributed by atoms with Crippen molar-refractivity contribution < 1.29 is 47.5 Å². The molecule has 3 aromatic carbocycles. The van der Waals surface area contributed by atoms with Crippen molar-refractivity contribution in [2.75, 3.05) is 49.1 Å². The number of nitrogens with two attached hydrogens (primary N) is 1. The lowest BCUT2D eigenvalue weighted by Gasteiger charge is -2.39. The second kappa shape index (κ2) is 25.7. The first kappa shape index (κ1) is 54.2. The molecule has 3 aromatic rings. The quantitative estimate of drug-likeness (QED) is 0.0233. The highest BCUT2D eigenvalue weighted by atomic mass is 16.7. The third-order valence-electron chi connectivity index (χ3n) is 12.1. The number of fused-ring (bicyclic) bond motifs is 2. The average Bonchev–Trinajstić information content (AvgIpc) is 4.30. The minimum Gasteiger partial charge on any atom is -0.466 e. The van der Waals surface area contributed by atoms with Crippen molar-refractivity contribution in [1.82, 2.24) is 10.2 Å². The van der Waals surface area contributed by atoms with Crippen molar-refractivity contribution in [3.8, 4) is 0 Å². The summed E-state index contributed by atoms with van der Waals surface area (Å²) in [5, 5.41) is 10.9. The lowest BCUT2D eigenvalue weighted by Crippen LogP contribution is -2.48. The van der Waals surface area contributed by atoms with Crippen LogP contribution in [-0.2, 0) is 53.1 Å². The van der Waals surface area contributed by atoms with Gasteiger partial charge >= 0.3 is 17.9 Å². The zero-order valence-corrected chi connectivity index (χ0v) is 37.4. The zero-order valence-electron chi connectivity index (χ0n) is 37.4. The molecule has 2 fully saturated rings. The lowest BCUT2D eigenvalue weighted by molar-refractivity contribution is -0.137. The summed E-state index contributed by atoms with van der Waals surface area (Å²) in [4.78, 5) is 43.4. The normalized spacial score (nSPS) is 25.8.